The molecule has 0 fully saturated rings. The summed E-state index contributed by atoms with van der Waals surface area (Å²) in [6, 6.07) is 4.45. The van der Waals surface area contributed by atoms with Crippen LogP contribution in [0.15, 0.2) is 18.2 Å². The van der Waals surface area contributed by atoms with Gasteiger partial charge in [-0.3, -0.25) is 0 Å². The molecule has 0 radical (unpaired) electrons. The van der Waals surface area contributed by atoms with Gasteiger partial charge < -0.3 is 15.7 Å². The van der Waals surface area contributed by atoms with E-state index in [0.717, 1.165) is 11.1 Å². The SMILES string of the molecule is Cc1cc(F)ccc1CCNC(=O)NCC(C)(C)CCO. The molecule has 21 heavy (non-hydrogen) atoms. The highest BCUT2D eigenvalue weighted by molar-refractivity contribution is 5.73. The molecule has 0 heterocycles. The molecular weight excluding hydrogens is 271 g/mol. The first kappa shape index (κ1) is 17.4. The number of halogens is 1. The van der Waals surface area contributed by atoms with E-state index < -0.39 is 0 Å². The number of urea groups is 1. The predicted octanol–water partition coefficient (Wildman–Crippen LogP) is 2.38. The molecule has 118 valence electrons. The quantitative estimate of drug-likeness (QED) is 0.723. The largest absolute Gasteiger partial charge is 0.396 e. The number of carbonyl (C=O) groups is 1. The van der Waals surface area contributed by atoms with Gasteiger partial charge in [-0.15, -0.1) is 0 Å². The molecule has 4 nitrogen and oxygen atoms in total. The number of aliphatic hydroxyl groups excluding tert-OH is 1. The summed E-state index contributed by atoms with van der Waals surface area (Å²) in [6.07, 6.45) is 1.31. The molecule has 1 rings (SSSR count). The van der Waals surface area contributed by atoms with E-state index in [9.17, 15) is 9.18 Å². The molecule has 1 aromatic carbocycles. The summed E-state index contributed by atoms with van der Waals surface area (Å²) in [5.41, 5.74) is 1.79. The van der Waals surface area contributed by atoms with Gasteiger partial charge in [0.05, 0.1) is 0 Å². The molecule has 0 aliphatic rings. The fourth-order valence-corrected chi connectivity index (χ4v) is 2.02. The van der Waals surface area contributed by atoms with E-state index in [-0.39, 0.29) is 23.9 Å². The van der Waals surface area contributed by atoms with Crippen molar-refractivity contribution < 1.29 is 14.3 Å². The lowest BCUT2D eigenvalue weighted by Crippen LogP contribution is -2.41. The molecule has 3 N–H and O–H groups in total. The maximum atomic E-state index is 13.0. The summed E-state index contributed by atoms with van der Waals surface area (Å²) < 4.78 is 13.0. The van der Waals surface area contributed by atoms with Crippen molar-refractivity contribution in [1.82, 2.24) is 10.6 Å². The summed E-state index contributed by atoms with van der Waals surface area (Å²) >= 11 is 0. The molecule has 0 aliphatic carbocycles. The zero-order valence-electron chi connectivity index (χ0n) is 13.0. The van der Waals surface area contributed by atoms with Crippen LogP contribution in [0, 0.1) is 18.2 Å². The molecule has 0 saturated carbocycles. The molecule has 1 aromatic rings. The number of hydrogen-bond donors (Lipinski definition) is 3. The molecule has 0 spiro atoms. The zero-order valence-corrected chi connectivity index (χ0v) is 13.0. The smallest absolute Gasteiger partial charge is 0.314 e. The van der Waals surface area contributed by atoms with Gasteiger partial charge in [-0.1, -0.05) is 19.9 Å². The van der Waals surface area contributed by atoms with Crippen LogP contribution in [0.2, 0.25) is 0 Å². The van der Waals surface area contributed by atoms with Crippen LogP contribution in [0.5, 0.6) is 0 Å². The Morgan fingerprint density at radius 2 is 2.05 bits per heavy atom. The molecule has 0 atom stereocenters. The van der Waals surface area contributed by atoms with Crippen molar-refractivity contribution in [1.29, 1.82) is 0 Å². The number of aryl methyl sites for hydroxylation is 1. The number of rotatable bonds is 7. The molecule has 2 amide bonds. The molecule has 0 aliphatic heterocycles. The minimum atomic E-state index is -0.243. The van der Waals surface area contributed by atoms with Crippen molar-refractivity contribution in [3.63, 3.8) is 0 Å². The molecular formula is C16H25FN2O2. The standard InChI is InChI=1S/C16H25FN2O2/c1-12-10-14(17)5-4-13(12)6-8-18-15(21)19-11-16(2,3)7-9-20/h4-5,10,20H,6-9,11H2,1-3H3,(H2,18,19,21). The maximum absolute atomic E-state index is 13.0. The van der Waals surface area contributed by atoms with Crippen LogP contribution in [0.4, 0.5) is 9.18 Å². The van der Waals surface area contributed by atoms with Gasteiger partial charge in [0.25, 0.3) is 0 Å². The Labute approximate surface area is 125 Å². The average Bonchev–Trinajstić information content (AvgIpc) is 2.39. The number of aliphatic hydroxyl groups is 1. The summed E-state index contributed by atoms with van der Waals surface area (Å²) in [5, 5.41) is 14.5. The Hall–Kier alpha value is -1.62. The normalized spacial score (nSPS) is 11.3. The van der Waals surface area contributed by atoms with Crippen LogP contribution in [-0.4, -0.2) is 30.8 Å². The van der Waals surface area contributed by atoms with Gasteiger partial charge in [-0.2, -0.15) is 0 Å². The van der Waals surface area contributed by atoms with Gasteiger partial charge in [0.2, 0.25) is 0 Å². The van der Waals surface area contributed by atoms with Crippen molar-refractivity contribution in [2.75, 3.05) is 19.7 Å². The lowest BCUT2D eigenvalue weighted by atomic mass is 9.90. The fraction of sp³-hybridized carbons (Fsp3) is 0.562. The molecule has 0 aromatic heterocycles. The highest BCUT2D eigenvalue weighted by Gasteiger charge is 2.17. The van der Waals surface area contributed by atoms with Crippen LogP contribution < -0.4 is 10.6 Å². The Bertz CT molecular complexity index is 475. The molecule has 0 unspecified atom stereocenters. The van der Waals surface area contributed by atoms with Gasteiger partial charge in [0, 0.05) is 19.7 Å². The van der Waals surface area contributed by atoms with E-state index in [2.05, 4.69) is 10.6 Å². The fourth-order valence-electron chi connectivity index (χ4n) is 2.02. The van der Waals surface area contributed by atoms with E-state index >= 15 is 0 Å². The van der Waals surface area contributed by atoms with Crippen molar-refractivity contribution in [2.24, 2.45) is 5.41 Å². The van der Waals surface area contributed by atoms with Crippen LogP contribution in [0.25, 0.3) is 0 Å². The van der Waals surface area contributed by atoms with Crippen molar-refractivity contribution in [3.8, 4) is 0 Å². The van der Waals surface area contributed by atoms with Crippen LogP contribution in [-0.2, 0) is 6.42 Å². The lowest BCUT2D eigenvalue weighted by molar-refractivity contribution is 0.201. The Balaban J connectivity index is 2.30. The molecule has 0 bridgehead atoms. The third kappa shape index (κ3) is 6.58. The third-order valence-electron chi connectivity index (χ3n) is 3.50. The first-order valence-electron chi connectivity index (χ1n) is 7.22. The Kier molecular flexibility index (Phi) is 6.62. The van der Waals surface area contributed by atoms with Crippen LogP contribution >= 0.6 is 0 Å². The molecule has 5 heteroatoms. The lowest BCUT2D eigenvalue weighted by Gasteiger charge is -2.23. The summed E-state index contributed by atoms with van der Waals surface area (Å²) in [5.74, 6) is -0.243. The number of amides is 2. The monoisotopic (exact) mass is 296 g/mol. The van der Waals surface area contributed by atoms with Gasteiger partial charge in [-0.05, 0) is 48.4 Å². The number of carbonyl (C=O) groups excluding carboxylic acids is 1. The maximum Gasteiger partial charge on any atom is 0.314 e. The van der Waals surface area contributed by atoms with Crippen molar-refractivity contribution >= 4 is 6.03 Å². The summed E-state index contributed by atoms with van der Waals surface area (Å²) in [4.78, 5) is 11.7. The summed E-state index contributed by atoms with van der Waals surface area (Å²) in [6.45, 7) is 6.96. The average molecular weight is 296 g/mol. The zero-order chi connectivity index (χ0) is 15.9. The van der Waals surface area contributed by atoms with Crippen molar-refractivity contribution in [3.05, 3.63) is 35.1 Å². The van der Waals surface area contributed by atoms with Gasteiger partial charge in [0.15, 0.2) is 0 Å². The first-order chi connectivity index (χ1) is 9.84. The minimum Gasteiger partial charge on any atom is -0.396 e. The Morgan fingerprint density at radius 3 is 2.67 bits per heavy atom. The van der Waals surface area contributed by atoms with Crippen molar-refractivity contribution in [2.45, 2.75) is 33.6 Å². The highest BCUT2D eigenvalue weighted by Crippen LogP contribution is 2.17. The van der Waals surface area contributed by atoms with E-state index in [1.807, 2.05) is 20.8 Å². The topological polar surface area (TPSA) is 61.4 Å². The second-order valence-electron chi connectivity index (χ2n) is 6.07. The van der Waals surface area contributed by atoms with Crippen LogP contribution in [0.1, 0.15) is 31.4 Å². The second kappa shape index (κ2) is 7.98. The third-order valence-corrected chi connectivity index (χ3v) is 3.50. The number of nitrogens with one attached hydrogen (secondary N) is 2. The second-order valence-corrected chi connectivity index (χ2v) is 6.07. The van der Waals surface area contributed by atoms with E-state index in [1.54, 1.807) is 6.07 Å². The number of hydrogen-bond acceptors (Lipinski definition) is 2. The highest BCUT2D eigenvalue weighted by atomic mass is 19.1. The number of benzene rings is 1. The summed E-state index contributed by atoms with van der Waals surface area (Å²) in [7, 11) is 0. The predicted molar refractivity (Wildman–Crippen MR) is 81.7 cm³/mol. The first-order valence-corrected chi connectivity index (χ1v) is 7.22. The minimum absolute atomic E-state index is 0.111. The molecule has 0 saturated heterocycles. The van der Waals surface area contributed by atoms with Gasteiger partial charge >= 0.3 is 6.03 Å². The van der Waals surface area contributed by atoms with E-state index in [4.69, 9.17) is 5.11 Å². The van der Waals surface area contributed by atoms with Gasteiger partial charge in [-0.25, -0.2) is 9.18 Å². The van der Waals surface area contributed by atoms with E-state index in [1.165, 1.54) is 12.1 Å². The van der Waals surface area contributed by atoms with Crippen LogP contribution in [0.3, 0.4) is 0 Å². The van der Waals surface area contributed by atoms with E-state index in [0.29, 0.717) is 25.9 Å². The Morgan fingerprint density at radius 1 is 1.33 bits per heavy atom. The van der Waals surface area contributed by atoms with Gasteiger partial charge in [0.1, 0.15) is 5.82 Å².